The van der Waals surface area contributed by atoms with Crippen molar-refractivity contribution in [3.63, 3.8) is 0 Å². The SMILES string of the molecule is CCS(=O)(=O)NCC(C)N1CCC(C)CC1. The Kier molecular flexibility index (Phi) is 5.21. The number of hydrogen-bond acceptors (Lipinski definition) is 3. The molecule has 5 heteroatoms. The summed E-state index contributed by atoms with van der Waals surface area (Å²) in [6.07, 6.45) is 2.45. The third kappa shape index (κ3) is 4.39. The molecule has 1 fully saturated rings. The van der Waals surface area contributed by atoms with Crippen molar-refractivity contribution in [2.24, 2.45) is 5.92 Å². The van der Waals surface area contributed by atoms with Crippen molar-refractivity contribution in [3.05, 3.63) is 0 Å². The summed E-state index contributed by atoms with van der Waals surface area (Å²) in [7, 11) is -3.04. The monoisotopic (exact) mass is 248 g/mol. The number of rotatable bonds is 5. The van der Waals surface area contributed by atoms with Crippen molar-refractivity contribution in [1.29, 1.82) is 0 Å². The van der Waals surface area contributed by atoms with E-state index in [9.17, 15) is 8.42 Å². The van der Waals surface area contributed by atoms with Crippen LogP contribution in [0.5, 0.6) is 0 Å². The molecule has 0 aliphatic carbocycles. The summed E-state index contributed by atoms with van der Waals surface area (Å²) >= 11 is 0. The highest BCUT2D eigenvalue weighted by atomic mass is 32.2. The molecular weight excluding hydrogens is 224 g/mol. The van der Waals surface area contributed by atoms with Crippen LogP contribution < -0.4 is 4.72 Å². The highest BCUT2D eigenvalue weighted by Gasteiger charge is 2.21. The van der Waals surface area contributed by atoms with E-state index in [1.165, 1.54) is 12.8 Å². The molecule has 0 bridgehead atoms. The van der Waals surface area contributed by atoms with Crippen molar-refractivity contribution in [1.82, 2.24) is 9.62 Å². The van der Waals surface area contributed by atoms with Crippen LogP contribution in [0.3, 0.4) is 0 Å². The second kappa shape index (κ2) is 5.98. The number of piperidine rings is 1. The van der Waals surface area contributed by atoms with Gasteiger partial charge in [-0.1, -0.05) is 6.92 Å². The van der Waals surface area contributed by atoms with E-state index in [0.717, 1.165) is 19.0 Å². The molecule has 0 aromatic rings. The van der Waals surface area contributed by atoms with Gasteiger partial charge in [0.05, 0.1) is 5.75 Å². The van der Waals surface area contributed by atoms with Crippen LogP contribution in [-0.2, 0) is 10.0 Å². The molecule has 1 heterocycles. The van der Waals surface area contributed by atoms with Crippen LogP contribution in [0.25, 0.3) is 0 Å². The summed E-state index contributed by atoms with van der Waals surface area (Å²) in [4.78, 5) is 2.37. The van der Waals surface area contributed by atoms with Gasteiger partial charge in [0, 0.05) is 12.6 Å². The van der Waals surface area contributed by atoms with Crippen molar-refractivity contribution in [3.8, 4) is 0 Å². The van der Waals surface area contributed by atoms with Gasteiger partial charge in [-0.3, -0.25) is 4.90 Å². The number of likely N-dealkylation sites (tertiary alicyclic amines) is 1. The minimum absolute atomic E-state index is 0.163. The van der Waals surface area contributed by atoms with Crippen LogP contribution in [0, 0.1) is 5.92 Å². The maximum atomic E-state index is 11.3. The Morgan fingerprint density at radius 1 is 1.38 bits per heavy atom. The van der Waals surface area contributed by atoms with Crippen molar-refractivity contribution < 1.29 is 8.42 Å². The Labute approximate surface area is 99.5 Å². The Morgan fingerprint density at radius 2 is 1.94 bits per heavy atom. The fourth-order valence-electron chi connectivity index (χ4n) is 1.95. The summed E-state index contributed by atoms with van der Waals surface area (Å²) in [5.74, 6) is 0.979. The van der Waals surface area contributed by atoms with E-state index in [2.05, 4.69) is 23.5 Å². The number of sulfonamides is 1. The van der Waals surface area contributed by atoms with Crippen LogP contribution in [0.15, 0.2) is 0 Å². The zero-order valence-corrected chi connectivity index (χ0v) is 11.4. The quantitative estimate of drug-likeness (QED) is 0.791. The van der Waals surface area contributed by atoms with Gasteiger partial charge in [0.2, 0.25) is 10.0 Å². The van der Waals surface area contributed by atoms with Crippen LogP contribution in [0.4, 0.5) is 0 Å². The Balaban J connectivity index is 2.33. The summed E-state index contributed by atoms with van der Waals surface area (Å²) in [6.45, 7) is 8.75. The Morgan fingerprint density at radius 3 is 2.44 bits per heavy atom. The van der Waals surface area contributed by atoms with E-state index in [1.807, 2.05) is 0 Å². The van der Waals surface area contributed by atoms with E-state index in [0.29, 0.717) is 12.6 Å². The van der Waals surface area contributed by atoms with Gasteiger partial charge in [-0.05, 0) is 45.7 Å². The molecule has 0 amide bonds. The summed E-state index contributed by atoms with van der Waals surface area (Å²) in [6, 6.07) is 0.300. The lowest BCUT2D eigenvalue weighted by molar-refractivity contribution is 0.148. The lowest BCUT2D eigenvalue weighted by Crippen LogP contribution is -2.45. The molecule has 0 radical (unpaired) electrons. The molecule has 1 N–H and O–H groups in total. The van der Waals surface area contributed by atoms with Crippen molar-refractivity contribution >= 4 is 10.0 Å². The predicted octanol–water partition coefficient (Wildman–Crippen LogP) is 1.05. The fourth-order valence-corrected chi connectivity index (χ4v) is 2.65. The second-order valence-electron chi connectivity index (χ2n) is 4.82. The first-order valence-electron chi connectivity index (χ1n) is 6.16. The van der Waals surface area contributed by atoms with Gasteiger partial charge in [0.15, 0.2) is 0 Å². The number of nitrogens with zero attached hydrogens (tertiary/aromatic N) is 1. The highest BCUT2D eigenvalue weighted by Crippen LogP contribution is 2.17. The third-order valence-electron chi connectivity index (χ3n) is 3.42. The maximum Gasteiger partial charge on any atom is 0.211 e. The molecule has 4 nitrogen and oxygen atoms in total. The molecular formula is C11H24N2O2S. The van der Waals surface area contributed by atoms with E-state index in [4.69, 9.17) is 0 Å². The highest BCUT2D eigenvalue weighted by molar-refractivity contribution is 7.89. The van der Waals surface area contributed by atoms with Gasteiger partial charge in [0.1, 0.15) is 0 Å². The molecule has 16 heavy (non-hydrogen) atoms. The number of hydrogen-bond donors (Lipinski definition) is 1. The standard InChI is InChI=1S/C11H24N2O2S/c1-4-16(14,15)12-9-11(3)13-7-5-10(2)6-8-13/h10-12H,4-9H2,1-3H3. The largest absolute Gasteiger partial charge is 0.299 e. The van der Waals surface area contributed by atoms with Gasteiger partial charge in [-0.2, -0.15) is 0 Å². The van der Waals surface area contributed by atoms with E-state index in [-0.39, 0.29) is 5.75 Å². The molecule has 0 spiro atoms. The summed E-state index contributed by atoms with van der Waals surface area (Å²) < 4.78 is 25.3. The van der Waals surface area contributed by atoms with Gasteiger partial charge >= 0.3 is 0 Å². The van der Waals surface area contributed by atoms with Gasteiger partial charge in [-0.15, -0.1) is 0 Å². The first kappa shape index (κ1) is 13.9. The van der Waals surface area contributed by atoms with E-state index in [1.54, 1.807) is 6.92 Å². The molecule has 1 aliphatic rings. The minimum Gasteiger partial charge on any atom is -0.299 e. The smallest absolute Gasteiger partial charge is 0.211 e. The minimum atomic E-state index is -3.04. The molecule has 1 aliphatic heterocycles. The molecule has 0 saturated carbocycles. The molecule has 1 rings (SSSR count). The molecule has 1 atom stereocenters. The molecule has 0 aromatic carbocycles. The number of nitrogens with one attached hydrogen (secondary N) is 1. The van der Waals surface area contributed by atoms with Crippen LogP contribution >= 0.6 is 0 Å². The van der Waals surface area contributed by atoms with Crippen LogP contribution in [0.1, 0.15) is 33.6 Å². The van der Waals surface area contributed by atoms with Gasteiger partial charge < -0.3 is 0 Å². The van der Waals surface area contributed by atoms with E-state index >= 15 is 0 Å². The third-order valence-corrected chi connectivity index (χ3v) is 4.79. The zero-order valence-electron chi connectivity index (χ0n) is 10.6. The summed E-state index contributed by atoms with van der Waals surface area (Å²) in [5.41, 5.74) is 0. The average molecular weight is 248 g/mol. The average Bonchev–Trinajstić information content (AvgIpc) is 2.27. The van der Waals surface area contributed by atoms with Crippen molar-refractivity contribution in [2.45, 2.75) is 39.7 Å². The lowest BCUT2D eigenvalue weighted by Gasteiger charge is -2.34. The maximum absolute atomic E-state index is 11.3. The topological polar surface area (TPSA) is 49.4 Å². The summed E-state index contributed by atoms with van der Waals surface area (Å²) in [5, 5.41) is 0. The molecule has 0 aromatic heterocycles. The molecule has 96 valence electrons. The lowest BCUT2D eigenvalue weighted by atomic mass is 9.98. The van der Waals surface area contributed by atoms with Crippen molar-refractivity contribution in [2.75, 3.05) is 25.4 Å². The van der Waals surface area contributed by atoms with Crippen LogP contribution in [0.2, 0.25) is 0 Å². The molecule has 1 unspecified atom stereocenters. The van der Waals surface area contributed by atoms with Crippen LogP contribution in [-0.4, -0.2) is 44.7 Å². The van der Waals surface area contributed by atoms with Gasteiger partial charge in [-0.25, -0.2) is 13.1 Å². The first-order valence-corrected chi connectivity index (χ1v) is 7.81. The predicted molar refractivity (Wildman–Crippen MR) is 66.9 cm³/mol. The van der Waals surface area contributed by atoms with E-state index < -0.39 is 10.0 Å². The fraction of sp³-hybridized carbons (Fsp3) is 1.00. The second-order valence-corrected chi connectivity index (χ2v) is 6.91. The Hall–Kier alpha value is -0.130. The first-order chi connectivity index (χ1) is 7.44. The normalized spacial score (nSPS) is 22.2. The zero-order chi connectivity index (χ0) is 12.2. The Bertz CT molecular complexity index is 295. The molecule has 1 saturated heterocycles. The van der Waals surface area contributed by atoms with Gasteiger partial charge in [0.25, 0.3) is 0 Å².